The van der Waals surface area contributed by atoms with Crippen LogP contribution in [0.4, 0.5) is 33.6 Å². The predicted octanol–water partition coefficient (Wildman–Crippen LogP) is 6.80. The van der Waals surface area contributed by atoms with Gasteiger partial charge in [-0.25, -0.2) is 4.98 Å². The molecule has 0 fully saturated rings. The highest BCUT2D eigenvalue weighted by atomic mass is 32.2. The smallest absolute Gasteiger partial charge is 0.297 e. The molecule has 0 unspecified atom stereocenters. The lowest BCUT2D eigenvalue weighted by molar-refractivity contribution is 0.317. The summed E-state index contributed by atoms with van der Waals surface area (Å²) in [5.41, 5.74) is -2.95. The maximum atomic E-state index is 13.0. The zero-order valence-corrected chi connectivity index (χ0v) is 42.5. The van der Waals surface area contributed by atoms with Crippen LogP contribution in [-0.4, -0.2) is 115 Å². The summed E-state index contributed by atoms with van der Waals surface area (Å²) in [5, 5.41) is 48.6. The van der Waals surface area contributed by atoms with Gasteiger partial charge in [-0.05, 0) is 86.5 Å². The quantitative estimate of drug-likeness (QED) is 0.0264. The van der Waals surface area contributed by atoms with Crippen molar-refractivity contribution < 1.29 is 92.8 Å². The van der Waals surface area contributed by atoms with Gasteiger partial charge in [-0.1, -0.05) is 11.3 Å². The molecular weight excluding hydrogens is 1130 g/mol. The molecule has 0 spiro atoms. The van der Waals surface area contributed by atoms with Crippen molar-refractivity contribution in [3.8, 4) is 23.1 Å². The fraction of sp³-hybridized carbons (Fsp3) is 0.135. The summed E-state index contributed by atoms with van der Waals surface area (Å²) in [4.78, 5) is -0.848. The van der Waals surface area contributed by atoms with Crippen molar-refractivity contribution in [2.45, 2.75) is 44.7 Å². The molecule has 30 nitrogen and oxygen atoms in total. The van der Waals surface area contributed by atoms with Crippen molar-refractivity contribution in [1.29, 1.82) is 0 Å². The molecule has 0 atom stereocenters. The third-order valence-corrected chi connectivity index (χ3v) is 15.9. The van der Waals surface area contributed by atoms with E-state index in [0.29, 0.717) is 39.2 Å². The predicted molar refractivity (Wildman–Crippen MR) is 255 cm³/mol. The van der Waals surface area contributed by atoms with Gasteiger partial charge in [-0.3, -0.25) is 27.3 Å². The van der Waals surface area contributed by atoms with Crippen molar-refractivity contribution >= 4 is 127 Å². The third-order valence-electron chi connectivity index (χ3n) is 9.90. The number of aromatic nitrogens is 3. The van der Waals surface area contributed by atoms with E-state index >= 15 is 0 Å². The number of rotatable bonds is 17. The number of phenolic OH excluding ortho intramolecular Hbond substituents is 1. The molecule has 392 valence electrons. The molecule has 2 aromatic heterocycles. The minimum Gasteiger partial charge on any atom is -0.505 e. The molecule has 7 aromatic rings. The van der Waals surface area contributed by atoms with Crippen molar-refractivity contribution in [2.75, 3.05) is 12.4 Å². The molecule has 5 aromatic carbocycles. The standard InChI is InChI=1S/C37H31N9O21S7/c1-17-10-28(29(67-8-3-9-69(49,50)51)16-27(17)40-44-37-38-25-6-4-20(70(52,53)54)14-30(25)68-37)41-43-33-31(73(61,62)63)15-24-23(34(33)47)5-7-26(35(24)74(64,65)66)39-42-32-18(2)45-46(36(32)48)19-11-21(71(55,56)57)13-22(12-19)72(58,59)60/h4-7,10-16,47-48H,3,8-9H2,1-2H3,(H,49,50,51)(H,52,53,54)(H,55,56,57)(H,58,59,60)(H,61,62,63)(H,64,65,66). The molecule has 0 aliphatic heterocycles. The SMILES string of the molecule is Cc1cc(N=Nc2c(S(=O)(=O)O)cc3c(S(=O)(=O)O)c(N=Nc4c(C)nn(-c5cc(S(=O)(=O)O)cc(S(=O)(=O)O)c5)c4O)ccc3c2O)c(OCCCS(=O)(=O)O)cc1N=Nc1nc2ccc(S(=O)(=O)O)cc2s1. The van der Waals surface area contributed by atoms with Gasteiger partial charge in [0.25, 0.3) is 60.7 Å². The number of phenols is 1. The topological polar surface area (TPSA) is 481 Å². The fourth-order valence-electron chi connectivity index (χ4n) is 6.59. The number of azo groups is 3. The van der Waals surface area contributed by atoms with Gasteiger partial charge in [-0.15, -0.1) is 30.7 Å². The molecule has 7 rings (SSSR count). The van der Waals surface area contributed by atoms with E-state index in [1.54, 1.807) is 0 Å². The molecular formula is C37H31N9O21S7. The van der Waals surface area contributed by atoms with Gasteiger partial charge >= 0.3 is 0 Å². The van der Waals surface area contributed by atoms with Crippen LogP contribution in [0.1, 0.15) is 17.7 Å². The first-order valence-electron chi connectivity index (χ1n) is 19.6. The summed E-state index contributed by atoms with van der Waals surface area (Å²) in [6, 6.07) is 9.98. The summed E-state index contributed by atoms with van der Waals surface area (Å²) in [6.45, 7) is 2.26. The number of aromatic hydroxyl groups is 2. The first kappa shape index (κ1) is 54.9. The van der Waals surface area contributed by atoms with Gasteiger partial charge < -0.3 is 14.9 Å². The molecule has 0 radical (unpaired) electrons. The van der Waals surface area contributed by atoms with Crippen LogP contribution >= 0.6 is 11.3 Å². The molecule has 0 saturated carbocycles. The van der Waals surface area contributed by atoms with Crippen LogP contribution < -0.4 is 4.74 Å². The van der Waals surface area contributed by atoms with Gasteiger partial charge in [0.15, 0.2) is 11.4 Å². The van der Waals surface area contributed by atoms with E-state index in [9.17, 15) is 88.0 Å². The number of ether oxygens (including phenoxy) is 1. The Morgan fingerprint density at radius 3 is 1.80 bits per heavy atom. The van der Waals surface area contributed by atoms with Crippen molar-refractivity contribution in [3.05, 3.63) is 78.0 Å². The Morgan fingerprint density at radius 1 is 0.595 bits per heavy atom. The van der Waals surface area contributed by atoms with Crippen LogP contribution in [-0.2, 0) is 60.7 Å². The van der Waals surface area contributed by atoms with E-state index in [1.807, 2.05) is 0 Å². The summed E-state index contributed by atoms with van der Waals surface area (Å²) in [6.07, 6.45) is -0.285. The first-order valence-corrected chi connectivity index (χ1v) is 29.3. The number of hydrogen-bond donors (Lipinski definition) is 8. The van der Waals surface area contributed by atoms with Crippen LogP contribution in [0.5, 0.6) is 17.4 Å². The Balaban J connectivity index is 1.30. The summed E-state index contributed by atoms with van der Waals surface area (Å²) < 4.78 is 210. The minimum absolute atomic E-state index is 0.0238. The highest BCUT2D eigenvalue weighted by Gasteiger charge is 2.29. The number of fused-ring (bicyclic) bond motifs is 2. The molecule has 74 heavy (non-hydrogen) atoms. The lowest BCUT2D eigenvalue weighted by Crippen LogP contribution is -2.08. The molecule has 0 aliphatic rings. The number of benzene rings is 5. The van der Waals surface area contributed by atoms with Gasteiger partial charge in [0.1, 0.15) is 32.6 Å². The molecule has 0 bridgehead atoms. The van der Waals surface area contributed by atoms with Gasteiger partial charge in [0.2, 0.25) is 11.0 Å². The maximum Gasteiger partial charge on any atom is 0.297 e. The summed E-state index contributed by atoms with van der Waals surface area (Å²) in [5.74, 6) is -3.19. The van der Waals surface area contributed by atoms with Crippen LogP contribution in [0.15, 0.2) is 122 Å². The first-order chi connectivity index (χ1) is 34.1. The Hall–Kier alpha value is -6.88. The molecule has 2 heterocycles. The van der Waals surface area contributed by atoms with Crippen LogP contribution in [0.3, 0.4) is 0 Å². The monoisotopic (exact) mass is 1160 g/mol. The average molecular weight is 1160 g/mol. The molecule has 0 aliphatic carbocycles. The third kappa shape index (κ3) is 12.2. The lowest BCUT2D eigenvalue weighted by Gasteiger charge is -2.13. The Morgan fingerprint density at radius 2 is 1.20 bits per heavy atom. The fourth-order valence-corrected chi connectivity index (χ4v) is 11.1. The molecule has 37 heteroatoms. The number of thiazole rings is 1. The Bertz CT molecular complexity index is 4260. The van der Waals surface area contributed by atoms with Gasteiger partial charge in [0.05, 0.1) is 54.3 Å². The zero-order chi connectivity index (χ0) is 54.7. The Labute approximate surface area is 420 Å². The number of nitrogens with zero attached hydrogens (tertiary/aromatic N) is 9. The van der Waals surface area contributed by atoms with E-state index in [0.717, 1.165) is 35.6 Å². The largest absolute Gasteiger partial charge is 0.505 e. The van der Waals surface area contributed by atoms with E-state index in [2.05, 4.69) is 40.8 Å². The zero-order valence-electron chi connectivity index (χ0n) is 36.7. The van der Waals surface area contributed by atoms with Crippen molar-refractivity contribution in [3.63, 3.8) is 0 Å². The van der Waals surface area contributed by atoms with Crippen molar-refractivity contribution in [2.24, 2.45) is 30.7 Å². The van der Waals surface area contributed by atoms with E-state index < -0.39 is 143 Å². The minimum atomic E-state index is -5.54. The average Bonchev–Trinajstić information content (AvgIpc) is 3.82. The maximum absolute atomic E-state index is 13.0. The van der Waals surface area contributed by atoms with Crippen LogP contribution in [0.25, 0.3) is 26.7 Å². The highest BCUT2D eigenvalue weighted by molar-refractivity contribution is 7.87. The lowest BCUT2D eigenvalue weighted by atomic mass is 10.1. The number of hydrogen-bond acceptors (Lipinski definition) is 24. The van der Waals surface area contributed by atoms with E-state index in [-0.39, 0.29) is 39.9 Å². The second kappa shape index (κ2) is 19.8. The van der Waals surface area contributed by atoms with Gasteiger partial charge in [0, 0.05) is 16.8 Å². The van der Waals surface area contributed by atoms with Crippen LogP contribution in [0.2, 0.25) is 0 Å². The highest BCUT2D eigenvalue weighted by Crippen LogP contribution is 2.47. The molecule has 8 N–H and O–H groups in total. The molecule has 0 amide bonds. The second-order valence-electron chi connectivity index (χ2n) is 15.1. The van der Waals surface area contributed by atoms with Crippen molar-refractivity contribution in [1.82, 2.24) is 14.8 Å². The van der Waals surface area contributed by atoms with Gasteiger partial charge in [-0.2, -0.15) is 60.3 Å². The van der Waals surface area contributed by atoms with Crippen LogP contribution in [0, 0.1) is 13.8 Å². The summed E-state index contributed by atoms with van der Waals surface area (Å²) >= 11 is 0.902. The normalized spacial score (nSPS) is 13.4. The molecule has 0 saturated heterocycles. The second-order valence-corrected chi connectivity index (χ2v) is 24.7. The Kier molecular flexibility index (Phi) is 14.7. The van der Waals surface area contributed by atoms with E-state index in [4.69, 9.17) is 4.74 Å². The van der Waals surface area contributed by atoms with E-state index in [1.165, 1.54) is 32.0 Å². The summed E-state index contributed by atoms with van der Waals surface area (Å²) in [7, 11) is -30.3. The number of aryl methyl sites for hydroxylation is 2.